The fourth-order valence-electron chi connectivity index (χ4n) is 3.04. The molecule has 1 aliphatic heterocycles. The van der Waals surface area contributed by atoms with Gasteiger partial charge in [0.1, 0.15) is 6.61 Å². The first-order valence-electron chi connectivity index (χ1n) is 9.47. The van der Waals surface area contributed by atoms with Crippen LogP contribution in [0.4, 0.5) is 0 Å². The van der Waals surface area contributed by atoms with Crippen molar-refractivity contribution in [3.8, 4) is 11.5 Å². The van der Waals surface area contributed by atoms with Gasteiger partial charge in [-0.2, -0.15) is 0 Å². The maximum Gasteiger partial charge on any atom is 0.363 e. The summed E-state index contributed by atoms with van der Waals surface area (Å²) in [7, 11) is 1.58. The van der Waals surface area contributed by atoms with Gasteiger partial charge in [0.05, 0.1) is 7.11 Å². The molecular weight excluding hydrogens is 653 g/mol. The van der Waals surface area contributed by atoms with Crippen LogP contribution in [0, 0.1) is 3.57 Å². The topological polar surface area (TPSA) is 57.1 Å². The van der Waals surface area contributed by atoms with Crippen molar-refractivity contribution in [1.82, 2.24) is 0 Å². The molecule has 1 aliphatic rings. The molecule has 0 spiro atoms. The molecule has 4 rings (SSSR count). The van der Waals surface area contributed by atoms with Crippen molar-refractivity contribution in [3.05, 3.63) is 95.6 Å². The van der Waals surface area contributed by atoms with E-state index < -0.39 is 5.97 Å². The zero-order valence-electron chi connectivity index (χ0n) is 16.8. The number of ether oxygens (including phenoxy) is 3. The van der Waals surface area contributed by atoms with Crippen LogP contribution in [0.15, 0.2) is 80.3 Å². The Balaban J connectivity index is 1.67. The molecule has 0 aliphatic carbocycles. The van der Waals surface area contributed by atoms with E-state index >= 15 is 0 Å². The standard InChI is InChI=1S/C24H16Br2INO4/c1-30-21-8-4-6-14(22(21)31-13-16-5-2-3-7-17(16)25)12-20-24(29)32-23(28-20)15-9-10-19(27)18(26)11-15/h2-12H,13H2,1H3/b20-12-. The molecule has 0 saturated heterocycles. The van der Waals surface area contributed by atoms with E-state index in [-0.39, 0.29) is 11.6 Å². The first-order chi connectivity index (χ1) is 15.5. The maximum absolute atomic E-state index is 12.5. The van der Waals surface area contributed by atoms with Crippen LogP contribution < -0.4 is 9.47 Å². The van der Waals surface area contributed by atoms with E-state index in [0.29, 0.717) is 29.2 Å². The van der Waals surface area contributed by atoms with E-state index in [4.69, 9.17) is 14.2 Å². The number of hydrogen-bond donors (Lipinski definition) is 0. The Kier molecular flexibility index (Phi) is 7.32. The van der Waals surface area contributed by atoms with Gasteiger partial charge in [-0.15, -0.1) is 0 Å². The molecule has 32 heavy (non-hydrogen) atoms. The molecule has 8 heteroatoms. The first-order valence-corrected chi connectivity index (χ1v) is 12.1. The lowest BCUT2D eigenvalue weighted by molar-refractivity contribution is -0.129. The minimum atomic E-state index is -0.519. The Morgan fingerprint density at radius 3 is 2.62 bits per heavy atom. The SMILES string of the molecule is COc1cccc(/C=C2\N=C(c3ccc(I)c(Br)c3)OC2=O)c1OCc1ccccc1Br. The number of para-hydroxylation sites is 1. The number of halogens is 3. The molecule has 5 nitrogen and oxygen atoms in total. The van der Waals surface area contributed by atoms with E-state index in [2.05, 4.69) is 59.4 Å². The van der Waals surface area contributed by atoms with Gasteiger partial charge in [0.2, 0.25) is 5.90 Å². The third kappa shape index (κ3) is 5.07. The van der Waals surface area contributed by atoms with Gasteiger partial charge < -0.3 is 14.2 Å². The Morgan fingerprint density at radius 2 is 1.88 bits per heavy atom. The zero-order valence-corrected chi connectivity index (χ0v) is 22.1. The van der Waals surface area contributed by atoms with Crippen LogP contribution >= 0.6 is 54.5 Å². The highest BCUT2D eigenvalue weighted by Crippen LogP contribution is 2.35. The highest BCUT2D eigenvalue weighted by Gasteiger charge is 2.25. The Morgan fingerprint density at radius 1 is 1.06 bits per heavy atom. The highest BCUT2D eigenvalue weighted by atomic mass is 127. The second-order valence-corrected chi connectivity index (χ2v) is 9.59. The molecular formula is C24H16Br2INO4. The second-order valence-electron chi connectivity index (χ2n) is 6.72. The van der Waals surface area contributed by atoms with Gasteiger partial charge in [-0.25, -0.2) is 9.79 Å². The smallest absolute Gasteiger partial charge is 0.363 e. The molecule has 0 atom stereocenters. The second kappa shape index (κ2) is 10.2. The molecule has 3 aromatic rings. The van der Waals surface area contributed by atoms with Crippen LogP contribution in [-0.2, 0) is 16.1 Å². The van der Waals surface area contributed by atoms with E-state index in [0.717, 1.165) is 18.1 Å². The summed E-state index contributed by atoms with van der Waals surface area (Å²) in [5, 5.41) is 0. The number of methoxy groups -OCH3 is 1. The van der Waals surface area contributed by atoms with Crippen molar-refractivity contribution in [1.29, 1.82) is 0 Å². The van der Waals surface area contributed by atoms with Crippen molar-refractivity contribution in [2.24, 2.45) is 4.99 Å². The lowest BCUT2D eigenvalue weighted by Crippen LogP contribution is -2.05. The molecule has 0 bridgehead atoms. The van der Waals surface area contributed by atoms with Gasteiger partial charge in [-0.3, -0.25) is 0 Å². The summed E-state index contributed by atoms with van der Waals surface area (Å²) in [6.45, 7) is 0.327. The molecule has 0 unspecified atom stereocenters. The van der Waals surface area contributed by atoms with Crippen LogP contribution in [-0.4, -0.2) is 19.0 Å². The summed E-state index contributed by atoms with van der Waals surface area (Å²) < 4.78 is 19.9. The van der Waals surface area contributed by atoms with Crippen molar-refractivity contribution in [3.63, 3.8) is 0 Å². The van der Waals surface area contributed by atoms with Crippen molar-refractivity contribution in [2.75, 3.05) is 7.11 Å². The summed E-state index contributed by atoms with van der Waals surface area (Å²) in [6, 6.07) is 19.0. The number of aliphatic imine (C=N–C) groups is 1. The Bertz CT molecular complexity index is 1260. The monoisotopic (exact) mass is 667 g/mol. The quantitative estimate of drug-likeness (QED) is 0.166. The van der Waals surface area contributed by atoms with Crippen LogP contribution in [0.5, 0.6) is 11.5 Å². The number of carbonyl (C=O) groups excluding carboxylic acids is 1. The number of cyclic esters (lactones) is 1. The fourth-order valence-corrected chi connectivity index (χ4v) is 4.15. The highest BCUT2D eigenvalue weighted by molar-refractivity contribution is 14.1. The third-order valence-corrected chi connectivity index (χ3v) is 7.75. The van der Waals surface area contributed by atoms with Gasteiger partial charge in [0, 0.05) is 29.2 Å². The Hall–Kier alpha value is -2.17. The van der Waals surface area contributed by atoms with Crippen molar-refractivity contribution < 1.29 is 19.0 Å². The third-order valence-electron chi connectivity index (χ3n) is 4.64. The minimum absolute atomic E-state index is 0.189. The van der Waals surface area contributed by atoms with Gasteiger partial charge in [0.25, 0.3) is 0 Å². The minimum Gasteiger partial charge on any atom is -0.493 e. The van der Waals surface area contributed by atoms with Gasteiger partial charge in [-0.05, 0) is 74.9 Å². The van der Waals surface area contributed by atoms with Crippen LogP contribution in [0.25, 0.3) is 6.08 Å². The summed E-state index contributed by atoms with van der Waals surface area (Å²) in [6.07, 6.45) is 1.65. The molecule has 162 valence electrons. The first kappa shape index (κ1) is 23.0. The predicted molar refractivity (Wildman–Crippen MR) is 139 cm³/mol. The van der Waals surface area contributed by atoms with Gasteiger partial charge in [-0.1, -0.05) is 46.3 Å². The molecule has 0 radical (unpaired) electrons. The predicted octanol–water partition coefficient (Wildman–Crippen LogP) is 6.75. The number of rotatable bonds is 6. The number of nitrogens with zero attached hydrogens (tertiary/aromatic N) is 1. The molecule has 0 N–H and O–H groups in total. The molecule has 3 aromatic carbocycles. The van der Waals surface area contributed by atoms with Crippen LogP contribution in [0.2, 0.25) is 0 Å². The van der Waals surface area contributed by atoms with Crippen molar-refractivity contribution >= 4 is 72.4 Å². The molecule has 0 saturated carbocycles. The fraction of sp³-hybridized carbons (Fsp3) is 0.0833. The average Bonchev–Trinajstić information content (AvgIpc) is 3.15. The summed E-state index contributed by atoms with van der Waals surface area (Å²) in [5.41, 5.74) is 2.55. The number of hydrogen-bond acceptors (Lipinski definition) is 5. The Labute approximate surface area is 215 Å². The lowest BCUT2D eigenvalue weighted by atomic mass is 10.1. The maximum atomic E-state index is 12.5. The van der Waals surface area contributed by atoms with E-state index in [1.54, 1.807) is 13.2 Å². The molecule has 1 heterocycles. The summed E-state index contributed by atoms with van der Waals surface area (Å²) in [4.78, 5) is 16.9. The molecule has 0 fully saturated rings. The van der Waals surface area contributed by atoms with Gasteiger partial charge in [0.15, 0.2) is 17.2 Å². The lowest BCUT2D eigenvalue weighted by Gasteiger charge is -2.14. The summed E-state index contributed by atoms with van der Waals surface area (Å²) in [5.74, 6) is 0.821. The van der Waals surface area contributed by atoms with E-state index in [9.17, 15) is 4.79 Å². The molecule has 0 amide bonds. The van der Waals surface area contributed by atoms with Crippen LogP contribution in [0.1, 0.15) is 16.7 Å². The number of carbonyl (C=O) groups is 1. The largest absolute Gasteiger partial charge is 0.493 e. The van der Waals surface area contributed by atoms with Gasteiger partial charge >= 0.3 is 5.97 Å². The van der Waals surface area contributed by atoms with E-state index in [1.165, 1.54) is 0 Å². The van der Waals surface area contributed by atoms with Crippen LogP contribution in [0.3, 0.4) is 0 Å². The molecule has 0 aromatic heterocycles. The summed E-state index contributed by atoms with van der Waals surface area (Å²) >= 11 is 9.24. The number of benzene rings is 3. The van der Waals surface area contributed by atoms with E-state index in [1.807, 2.05) is 60.7 Å². The number of esters is 1. The zero-order chi connectivity index (χ0) is 22.7. The average molecular weight is 669 g/mol. The van der Waals surface area contributed by atoms with Crippen molar-refractivity contribution in [2.45, 2.75) is 6.61 Å². The normalized spacial score (nSPS) is 14.3.